The molecule has 1 atom stereocenters. The molecular weight excluding hydrogens is 358 g/mol. The first-order valence-corrected chi connectivity index (χ1v) is 10.1. The number of aliphatic carboxylic acids is 1. The molecule has 1 aliphatic heterocycles. The van der Waals surface area contributed by atoms with Crippen LogP contribution in [0.1, 0.15) is 57.1 Å². The number of hydrogen-bond acceptors (Lipinski definition) is 3. The highest BCUT2D eigenvalue weighted by Crippen LogP contribution is 2.14. The quantitative estimate of drug-likeness (QED) is 0.602. The number of amides is 3. The van der Waals surface area contributed by atoms with Crippen molar-refractivity contribution in [1.29, 1.82) is 0 Å². The zero-order valence-electron chi connectivity index (χ0n) is 16.6. The lowest BCUT2D eigenvalue weighted by Crippen LogP contribution is -2.55. The van der Waals surface area contributed by atoms with Gasteiger partial charge in [0.1, 0.15) is 6.54 Å². The van der Waals surface area contributed by atoms with E-state index in [0.717, 1.165) is 19.4 Å². The molecule has 1 aliphatic rings. The fraction of sp³-hybridized carbons (Fsp3) is 0.571. The Morgan fingerprint density at radius 1 is 1.07 bits per heavy atom. The first kappa shape index (κ1) is 21.7. The summed E-state index contributed by atoms with van der Waals surface area (Å²) in [5.74, 6) is -1.21. The summed E-state index contributed by atoms with van der Waals surface area (Å²) in [6.45, 7) is 3.80. The fourth-order valence-corrected chi connectivity index (χ4v) is 3.35. The van der Waals surface area contributed by atoms with Crippen LogP contribution in [-0.4, -0.2) is 59.0 Å². The molecule has 0 saturated carbocycles. The summed E-state index contributed by atoms with van der Waals surface area (Å²) in [6, 6.07) is 6.88. The Kier molecular flexibility index (Phi) is 8.78. The molecule has 1 unspecified atom stereocenters. The number of piperazine rings is 1. The second-order valence-electron chi connectivity index (χ2n) is 7.20. The number of carbonyl (C=O) groups excluding carboxylic acids is 2. The molecule has 0 radical (unpaired) electrons. The molecule has 1 aromatic carbocycles. The van der Waals surface area contributed by atoms with Crippen LogP contribution in [0.4, 0.5) is 4.79 Å². The van der Waals surface area contributed by atoms with Gasteiger partial charge in [-0.15, -0.1) is 0 Å². The highest BCUT2D eigenvalue weighted by Gasteiger charge is 2.30. The van der Waals surface area contributed by atoms with Gasteiger partial charge in [-0.3, -0.25) is 4.79 Å². The number of nitrogens with zero attached hydrogens (tertiary/aromatic N) is 2. The normalized spacial score (nSPS) is 15.4. The predicted molar refractivity (Wildman–Crippen MR) is 107 cm³/mol. The van der Waals surface area contributed by atoms with Gasteiger partial charge in [0.05, 0.1) is 0 Å². The smallest absolute Gasteiger partial charge is 0.330 e. The molecular formula is C21H31N3O4. The highest BCUT2D eigenvalue weighted by atomic mass is 16.4. The van der Waals surface area contributed by atoms with Crippen LogP contribution in [0.25, 0.3) is 0 Å². The number of benzene rings is 1. The van der Waals surface area contributed by atoms with Crippen LogP contribution in [0.3, 0.4) is 0 Å². The molecule has 154 valence electrons. The van der Waals surface area contributed by atoms with Crippen molar-refractivity contribution in [3.05, 3.63) is 35.9 Å². The first-order valence-electron chi connectivity index (χ1n) is 10.1. The van der Waals surface area contributed by atoms with Crippen molar-refractivity contribution in [1.82, 2.24) is 15.1 Å². The van der Waals surface area contributed by atoms with Crippen molar-refractivity contribution in [2.75, 3.05) is 26.2 Å². The molecule has 7 nitrogen and oxygen atoms in total. The Hall–Kier alpha value is -2.57. The van der Waals surface area contributed by atoms with E-state index in [0.29, 0.717) is 18.7 Å². The van der Waals surface area contributed by atoms with Crippen LogP contribution in [-0.2, 0) is 9.59 Å². The van der Waals surface area contributed by atoms with E-state index >= 15 is 0 Å². The van der Waals surface area contributed by atoms with Crippen LogP contribution >= 0.6 is 0 Å². The molecule has 1 aromatic rings. The monoisotopic (exact) mass is 389 g/mol. The van der Waals surface area contributed by atoms with E-state index in [4.69, 9.17) is 0 Å². The lowest BCUT2D eigenvalue weighted by atomic mass is 10.1. The minimum atomic E-state index is -1.13. The largest absolute Gasteiger partial charge is 0.479 e. The Morgan fingerprint density at radius 3 is 2.39 bits per heavy atom. The molecule has 0 aromatic heterocycles. The summed E-state index contributed by atoms with van der Waals surface area (Å²) in [7, 11) is 0. The Balaban J connectivity index is 1.80. The van der Waals surface area contributed by atoms with Gasteiger partial charge in [0, 0.05) is 19.6 Å². The number of nitrogens with one attached hydrogen (secondary N) is 1. The van der Waals surface area contributed by atoms with Gasteiger partial charge < -0.3 is 20.2 Å². The number of rotatable bonds is 10. The number of unbranched alkanes of at least 4 members (excludes halogenated alkanes) is 5. The maximum Gasteiger partial charge on any atom is 0.330 e. The lowest BCUT2D eigenvalue weighted by molar-refractivity contribution is -0.139. The molecule has 1 saturated heterocycles. The van der Waals surface area contributed by atoms with E-state index in [-0.39, 0.29) is 12.5 Å². The van der Waals surface area contributed by atoms with Crippen LogP contribution in [0.5, 0.6) is 0 Å². The topological polar surface area (TPSA) is 89.9 Å². The fourth-order valence-electron chi connectivity index (χ4n) is 3.35. The zero-order chi connectivity index (χ0) is 20.4. The van der Waals surface area contributed by atoms with Gasteiger partial charge in [0.15, 0.2) is 6.04 Å². The van der Waals surface area contributed by atoms with Crippen molar-refractivity contribution >= 4 is 17.9 Å². The van der Waals surface area contributed by atoms with E-state index < -0.39 is 18.0 Å². The third-order valence-corrected chi connectivity index (χ3v) is 5.04. The van der Waals surface area contributed by atoms with Crippen LogP contribution < -0.4 is 5.32 Å². The highest BCUT2D eigenvalue weighted by molar-refractivity contribution is 5.88. The molecule has 0 bridgehead atoms. The molecule has 0 spiro atoms. The molecule has 0 aliphatic carbocycles. The summed E-state index contributed by atoms with van der Waals surface area (Å²) < 4.78 is 0. The summed E-state index contributed by atoms with van der Waals surface area (Å²) >= 11 is 0. The first-order chi connectivity index (χ1) is 13.5. The van der Waals surface area contributed by atoms with Gasteiger partial charge in [-0.25, -0.2) is 9.59 Å². The number of carboxylic acid groups (broad SMARTS) is 1. The third kappa shape index (κ3) is 6.55. The van der Waals surface area contributed by atoms with Gasteiger partial charge >= 0.3 is 12.0 Å². The summed E-state index contributed by atoms with van der Waals surface area (Å²) in [5.41, 5.74) is 0.497. The summed E-state index contributed by atoms with van der Waals surface area (Å²) in [5, 5.41) is 12.0. The second-order valence-corrected chi connectivity index (χ2v) is 7.20. The molecule has 28 heavy (non-hydrogen) atoms. The van der Waals surface area contributed by atoms with Crippen molar-refractivity contribution in [2.45, 2.75) is 51.5 Å². The predicted octanol–water partition coefficient (Wildman–Crippen LogP) is 3.03. The number of hydrogen-bond donors (Lipinski definition) is 2. The Bertz CT molecular complexity index is 650. The minimum absolute atomic E-state index is 0.0111. The van der Waals surface area contributed by atoms with E-state index in [2.05, 4.69) is 12.2 Å². The van der Waals surface area contributed by atoms with E-state index in [1.807, 2.05) is 0 Å². The van der Waals surface area contributed by atoms with Crippen molar-refractivity contribution in [2.24, 2.45) is 0 Å². The van der Waals surface area contributed by atoms with Crippen LogP contribution in [0.15, 0.2) is 30.3 Å². The van der Waals surface area contributed by atoms with E-state index in [1.165, 1.54) is 30.6 Å². The zero-order valence-corrected chi connectivity index (χ0v) is 16.6. The SMILES string of the molecule is CCCCCCCCN1CCN(C(=O)NC(C(=O)O)c2ccccc2)CC1=O. The van der Waals surface area contributed by atoms with E-state index in [1.54, 1.807) is 35.2 Å². The summed E-state index contributed by atoms with van der Waals surface area (Å²) in [6.07, 6.45) is 7.01. The van der Waals surface area contributed by atoms with Crippen molar-refractivity contribution in [3.8, 4) is 0 Å². The average Bonchev–Trinajstić information content (AvgIpc) is 2.70. The molecule has 2 N–H and O–H groups in total. The number of carboxylic acids is 1. The van der Waals surface area contributed by atoms with Crippen LogP contribution in [0, 0.1) is 0 Å². The lowest BCUT2D eigenvalue weighted by Gasteiger charge is -2.35. The van der Waals surface area contributed by atoms with Gasteiger partial charge in [0.2, 0.25) is 5.91 Å². The second kappa shape index (κ2) is 11.3. The molecule has 7 heteroatoms. The maximum absolute atomic E-state index is 12.5. The molecule has 1 heterocycles. The van der Waals surface area contributed by atoms with Gasteiger partial charge in [0.25, 0.3) is 0 Å². The summed E-state index contributed by atoms with van der Waals surface area (Å²) in [4.78, 5) is 39.6. The van der Waals surface area contributed by atoms with Crippen molar-refractivity contribution < 1.29 is 19.5 Å². The van der Waals surface area contributed by atoms with E-state index in [9.17, 15) is 19.5 Å². The molecule has 2 rings (SSSR count). The van der Waals surface area contributed by atoms with Crippen molar-refractivity contribution in [3.63, 3.8) is 0 Å². The number of urea groups is 1. The van der Waals surface area contributed by atoms with Gasteiger partial charge in [-0.2, -0.15) is 0 Å². The standard InChI is InChI=1S/C21H31N3O4/c1-2-3-4-5-6-10-13-23-14-15-24(16-18(23)25)21(28)22-19(20(26)27)17-11-8-7-9-12-17/h7-9,11-12,19H,2-6,10,13-16H2,1H3,(H,22,28)(H,26,27). The minimum Gasteiger partial charge on any atom is -0.479 e. The maximum atomic E-state index is 12.5. The average molecular weight is 389 g/mol. The van der Waals surface area contributed by atoms with Gasteiger partial charge in [-0.1, -0.05) is 69.4 Å². The molecule has 3 amide bonds. The Morgan fingerprint density at radius 2 is 1.75 bits per heavy atom. The van der Waals surface area contributed by atoms with Crippen LogP contribution in [0.2, 0.25) is 0 Å². The molecule has 1 fully saturated rings. The third-order valence-electron chi connectivity index (χ3n) is 5.04. The number of carbonyl (C=O) groups is 3. The van der Waals surface area contributed by atoms with Gasteiger partial charge in [-0.05, 0) is 12.0 Å². The Labute approximate surface area is 166 Å².